The van der Waals surface area contributed by atoms with Crippen molar-refractivity contribution in [2.45, 2.75) is 50.2 Å². The molecule has 2 unspecified atom stereocenters. The van der Waals surface area contributed by atoms with Crippen molar-refractivity contribution in [1.82, 2.24) is 10.2 Å². The van der Waals surface area contributed by atoms with E-state index in [2.05, 4.69) is 11.4 Å². The number of nitrogens with zero attached hydrogens (tertiary/aromatic N) is 1. The third kappa shape index (κ3) is 3.48. The Morgan fingerprint density at radius 2 is 1.77 bits per heavy atom. The summed E-state index contributed by atoms with van der Waals surface area (Å²) >= 11 is 3.27. The van der Waals surface area contributed by atoms with Gasteiger partial charge in [0.05, 0.1) is 18.5 Å². The Bertz CT molecular complexity index is 1020. The number of hydrogen-bond acceptors (Lipinski definition) is 4. The highest BCUT2D eigenvalue weighted by atomic mass is 32.1. The number of hydrogen-bond donors (Lipinski definition) is 1. The first-order chi connectivity index (χ1) is 14.7. The second-order valence-corrected chi connectivity index (χ2v) is 9.98. The predicted octanol–water partition coefficient (Wildman–Crippen LogP) is 5.35. The number of nitrogens with one attached hydrogen (secondary N) is 1. The van der Waals surface area contributed by atoms with Gasteiger partial charge in [0.25, 0.3) is 5.91 Å². The van der Waals surface area contributed by atoms with Crippen LogP contribution in [-0.4, -0.2) is 22.8 Å². The van der Waals surface area contributed by atoms with Crippen molar-refractivity contribution in [2.75, 3.05) is 0 Å². The Hall–Kier alpha value is -2.44. The van der Waals surface area contributed by atoms with E-state index in [1.807, 2.05) is 58.1 Å². The SMILES string of the molecule is O=C(NCc1cccs1)C1c2ccccc2C(=O)N(C2CCCC2)C1c1cccs1. The van der Waals surface area contributed by atoms with Crippen molar-refractivity contribution >= 4 is 34.5 Å². The van der Waals surface area contributed by atoms with E-state index >= 15 is 0 Å². The molecule has 1 aromatic carbocycles. The molecular formula is C24H24N2O2S2. The van der Waals surface area contributed by atoms with Gasteiger partial charge in [-0.2, -0.15) is 0 Å². The maximum absolute atomic E-state index is 13.6. The molecule has 0 bridgehead atoms. The molecule has 2 amide bonds. The molecule has 1 aliphatic carbocycles. The zero-order valence-corrected chi connectivity index (χ0v) is 18.3. The maximum atomic E-state index is 13.6. The average molecular weight is 437 g/mol. The van der Waals surface area contributed by atoms with Crippen molar-refractivity contribution in [1.29, 1.82) is 0 Å². The van der Waals surface area contributed by atoms with Gasteiger partial charge in [-0.05, 0) is 47.4 Å². The number of benzene rings is 1. The molecule has 154 valence electrons. The molecule has 4 nitrogen and oxygen atoms in total. The summed E-state index contributed by atoms with van der Waals surface area (Å²) in [6.45, 7) is 0.518. The first kappa shape index (κ1) is 19.5. The van der Waals surface area contributed by atoms with Crippen LogP contribution in [0.25, 0.3) is 0 Å². The van der Waals surface area contributed by atoms with E-state index in [4.69, 9.17) is 0 Å². The number of thiophene rings is 2. The van der Waals surface area contributed by atoms with Crippen LogP contribution in [0.1, 0.15) is 63.3 Å². The predicted molar refractivity (Wildman–Crippen MR) is 121 cm³/mol. The van der Waals surface area contributed by atoms with Crippen molar-refractivity contribution < 1.29 is 9.59 Å². The summed E-state index contributed by atoms with van der Waals surface area (Å²) in [7, 11) is 0. The highest BCUT2D eigenvalue weighted by Gasteiger charge is 2.47. The van der Waals surface area contributed by atoms with E-state index in [1.54, 1.807) is 22.7 Å². The Morgan fingerprint density at radius 1 is 1.00 bits per heavy atom. The van der Waals surface area contributed by atoms with E-state index < -0.39 is 5.92 Å². The van der Waals surface area contributed by atoms with E-state index in [-0.39, 0.29) is 23.9 Å². The van der Waals surface area contributed by atoms with E-state index in [0.717, 1.165) is 41.0 Å². The molecular weight excluding hydrogens is 412 g/mol. The summed E-state index contributed by atoms with van der Waals surface area (Å²) in [5.74, 6) is -0.346. The summed E-state index contributed by atoms with van der Waals surface area (Å²) in [4.78, 5) is 31.5. The van der Waals surface area contributed by atoms with Gasteiger partial charge in [0.15, 0.2) is 0 Å². The first-order valence-corrected chi connectivity index (χ1v) is 12.2. The van der Waals surface area contributed by atoms with Gasteiger partial charge in [-0.15, -0.1) is 22.7 Å². The molecule has 0 spiro atoms. The molecule has 1 saturated carbocycles. The minimum absolute atomic E-state index is 0.00949. The molecule has 2 aliphatic rings. The van der Waals surface area contributed by atoms with Crippen LogP contribution >= 0.6 is 22.7 Å². The summed E-state index contributed by atoms with van der Waals surface area (Å²) in [5, 5.41) is 7.21. The second kappa shape index (κ2) is 8.36. The topological polar surface area (TPSA) is 49.4 Å². The third-order valence-corrected chi connectivity index (χ3v) is 8.05. The van der Waals surface area contributed by atoms with Crippen LogP contribution in [0.5, 0.6) is 0 Å². The standard InChI is InChI=1S/C24H24N2O2S2/c27-23(25-15-17-9-5-13-29-17)21-18-10-3-4-11-19(18)24(28)26(16-7-1-2-8-16)22(21)20-12-6-14-30-20/h3-6,9-14,16,21-22H,1-2,7-8,15H2,(H,25,27). The fourth-order valence-electron chi connectivity index (χ4n) is 4.88. The van der Waals surface area contributed by atoms with Crippen molar-refractivity contribution in [3.63, 3.8) is 0 Å². The Morgan fingerprint density at radius 3 is 2.50 bits per heavy atom. The summed E-state index contributed by atoms with van der Waals surface area (Å²) < 4.78 is 0. The summed E-state index contributed by atoms with van der Waals surface area (Å²) in [6, 6.07) is 15.7. The Balaban J connectivity index is 1.57. The Labute approximate surface area is 184 Å². The molecule has 3 aromatic rings. The number of fused-ring (bicyclic) bond motifs is 1. The molecule has 1 N–H and O–H groups in total. The van der Waals surface area contributed by atoms with Crippen LogP contribution in [0.3, 0.4) is 0 Å². The molecule has 1 aliphatic heterocycles. The van der Waals surface area contributed by atoms with Crippen LogP contribution in [-0.2, 0) is 11.3 Å². The minimum Gasteiger partial charge on any atom is -0.351 e. The van der Waals surface area contributed by atoms with Gasteiger partial charge in [0, 0.05) is 21.4 Å². The van der Waals surface area contributed by atoms with E-state index in [1.165, 1.54) is 0 Å². The number of carbonyl (C=O) groups is 2. The molecule has 0 radical (unpaired) electrons. The molecule has 6 heteroatoms. The monoisotopic (exact) mass is 436 g/mol. The minimum atomic E-state index is -0.405. The molecule has 30 heavy (non-hydrogen) atoms. The number of rotatable bonds is 5. The largest absolute Gasteiger partial charge is 0.351 e. The van der Waals surface area contributed by atoms with Gasteiger partial charge in [-0.25, -0.2) is 0 Å². The smallest absolute Gasteiger partial charge is 0.254 e. The van der Waals surface area contributed by atoms with E-state index in [0.29, 0.717) is 12.1 Å². The van der Waals surface area contributed by atoms with Crippen LogP contribution in [0.4, 0.5) is 0 Å². The van der Waals surface area contributed by atoms with Crippen molar-refractivity contribution in [3.8, 4) is 0 Å². The normalized spacial score (nSPS) is 21.6. The van der Waals surface area contributed by atoms with E-state index in [9.17, 15) is 9.59 Å². The second-order valence-electron chi connectivity index (χ2n) is 7.97. The van der Waals surface area contributed by atoms with Crippen molar-refractivity contribution in [2.24, 2.45) is 0 Å². The zero-order valence-electron chi connectivity index (χ0n) is 16.6. The molecule has 1 fully saturated rings. The number of carbonyl (C=O) groups excluding carboxylic acids is 2. The molecule has 0 saturated heterocycles. The van der Waals surface area contributed by atoms with Gasteiger partial charge in [0.1, 0.15) is 0 Å². The summed E-state index contributed by atoms with van der Waals surface area (Å²) in [6.07, 6.45) is 4.31. The molecule has 3 heterocycles. The highest BCUT2D eigenvalue weighted by molar-refractivity contribution is 7.10. The van der Waals surface area contributed by atoms with Gasteiger partial charge < -0.3 is 10.2 Å². The lowest BCUT2D eigenvalue weighted by molar-refractivity contribution is -0.124. The third-order valence-electron chi connectivity index (χ3n) is 6.23. The molecule has 2 aromatic heterocycles. The summed E-state index contributed by atoms with van der Waals surface area (Å²) in [5.41, 5.74) is 1.52. The Kier molecular flexibility index (Phi) is 5.44. The van der Waals surface area contributed by atoms with Crippen LogP contribution < -0.4 is 5.32 Å². The van der Waals surface area contributed by atoms with Gasteiger partial charge in [0.2, 0.25) is 5.91 Å². The maximum Gasteiger partial charge on any atom is 0.254 e. The molecule has 2 atom stereocenters. The first-order valence-electron chi connectivity index (χ1n) is 10.5. The van der Waals surface area contributed by atoms with Gasteiger partial charge in [-0.1, -0.05) is 43.2 Å². The average Bonchev–Trinajstić information content (AvgIpc) is 3.55. The lowest BCUT2D eigenvalue weighted by Crippen LogP contribution is -2.50. The van der Waals surface area contributed by atoms with Crippen LogP contribution in [0.2, 0.25) is 0 Å². The highest BCUT2D eigenvalue weighted by Crippen LogP contribution is 2.47. The fraction of sp³-hybridized carbons (Fsp3) is 0.333. The van der Waals surface area contributed by atoms with Crippen molar-refractivity contribution in [3.05, 3.63) is 80.2 Å². The lowest BCUT2D eigenvalue weighted by Gasteiger charge is -2.44. The van der Waals surface area contributed by atoms with Gasteiger partial charge >= 0.3 is 0 Å². The van der Waals surface area contributed by atoms with Crippen LogP contribution in [0.15, 0.2) is 59.3 Å². The lowest BCUT2D eigenvalue weighted by atomic mass is 9.80. The van der Waals surface area contributed by atoms with Gasteiger partial charge in [-0.3, -0.25) is 9.59 Å². The fourth-order valence-corrected chi connectivity index (χ4v) is 6.38. The quantitative estimate of drug-likeness (QED) is 0.586. The number of amides is 2. The zero-order chi connectivity index (χ0) is 20.5. The van der Waals surface area contributed by atoms with Crippen LogP contribution in [0, 0.1) is 0 Å². The molecule has 5 rings (SSSR count).